The number of nitrogens with one attached hydrogen (secondary N) is 2. The van der Waals surface area contributed by atoms with Gasteiger partial charge in [0.15, 0.2) is 5.96 Å². The van der Waals surface area contributed by atoms with Gasteiger partial charge in [-0.15, -0.1) is 0 Å². The number of hydrogen-bond donors (Lipinski definition) is 2. The molecule has 1 aromatic carbocycles. The molecule has 0 atom stereocenters. The average molecular weight is 275 g/mol. The van der Waals surface area contributed by atoms with E-state index in [0.29, 0.717) is 18.2 Å². The molecule has 0 unspecified atom stereocenters. The summed E-state index contributed by atoms with van der Waals surface area (Å²) in [6, 6.07) is 5.69. The van der Waals surface area contributed by atoms with Crippen LogP contribution in [-0.2, 0) is 6.54 Å². The number of hydrogen-bond acceptors (Lipinski definition) is 1. The van der Waals surface area contributed by atoms with Crippen LogP contribution in [0.2, 0.25) is 0 Å². The second-order valence-corrected chi connectivity index (χ2v) is 5.06. The first-order valence-corrected chi connectivity index (χ1v) is 7.14. The minimum absolute atomic E-state index is 0.171. The van der Waals surface area contributed by atoms with Crippen LogP contribution in [0.25, 0.3) is 0 Å². The van der Waals surface area contributed by atoms with E-state index in [4.69, 9.17) is 0 Å². The highest BCUT2D eigenvalue weighted by atomic mass is 19.1. The molecule has 108 valence electrons. The highest BCUT2D eigenvalue weighted by Gasteiger charge is 2.11. The summed E-state index contributed by atoms with van der Waals surface area (Å²) in [5.74, 6) is 0.623. The molecule has 2 N–H and O–H groups in total. The van der Waals surface area contributed by atoms with Crippen LogP contribution in [0.4, 0.5) is 4.39 Å². The number of guanidine groups is 1. The molecule has 1 aromatic rings. The molecule has 2 rings (SSSR count). The standard InChI is InChI=1S/C16H22FN3/c1-3-18-16(20-14-6-4-5-7-14)19-11-13-9-8-12(2)15(17)10-13/h4-5,8-10,14H,3,6-7,11H2,1-2H3,(H2,18,19,20). The molecular weight excluding hydrogens is 253 g/mol. The Morgan fingerprint density at radius 1 is 1.35 bits per heavy atom. The first-order valence-electron chi connectivity index (χ1n) is 7.14. The molecule has 1 aliphatic carbocycles. The summed E-state index contributed by atoms with van der Waals surface area (Å²) in [5.41, 5.74) is 1.55. The molecule has 0 heterocycles. The molecule has 0 bridgehead atoms. The molecule has 0 saturated heterocycles. The fourth-order valence-corrected chi connectivity index (χ4v) is 2.15. The third-order valence-electron chi connectivity index (χ3n) is 3.35. The predicted molar refractivity (Wildman–Crippen MR) is 81.3 cm³/mol. The molecule has 4 heteroatoms. The van der Waals surface area contributed by atoms with Gasteiger partial charge in [-0.2, -0.15) is 0 Å². The van der Waals surface area contributed by atoms with E-state index in [9.17, 15) is 4.39 Å². The fourth-order valence-electron chi connectivity index (χ4n) is 2.15. The maximum atomic E-state index is 13.5. The van der Waals surface area contributed by atoms with Crippen LogP contribution >= 0.6 is 0 Å². The summed E-state index contributed by atoms with van der Waals surface area (Å²) in [4.78, 5) is 4.52. The second-order valence-electron chi connectivity index (χ2n) is 5.06. The lowest BCUT2D eigenvalue weighted by Crippen LogP contribution is -2.42. The van der Waals surface area contributed by atoms with Crippen molar-refractivity contribution in [1.29, 1.82) is 0 Å². The Labute approximate surface area is 120 Å². The predicted octanol–water partition coefficient (Wildman–Crippen LogP) is 2.91. The zero-order valence-corrected chi connectivity index (χ0v) is 12.1. The lowest BCUT2D eigenvalue weighted by molar-refractivity contribution is 0.615. The van der Waals surface area contributed by atoms with Crippen molar-refractivity contribution in [2.24, 2.45) is 4.99 Å². The zero-order valence-electron chi connectivity index (χ0n) is 12.1. The topological polar surface area (TPSA) is 36.4 Å². The fraction of sp³-hybridized carbons (Fsp3) is 0.438. The summed E-state index contributed by atoms with van der Waals surface area (Å²) in [6.07, 6.45) is 6.42. The highest BCUT2D eigenvalue weighted by molar-refractivity contribution is 5.80. The molecule has 0 fully saturated rings. The van der Waals surface area contributed by atoms with E-state index in [-0.39, 0.29) is 5.82 Å². The van der Waals surface area contributed by atoms with Gasteiger partial charge in [0.1, 0.15) is 5.82 Å². The number of nitrogens with zero attached hydrogens (tertiary/aromatic N) is 1. The summed E-state index contributed by atoms with van der Waals surface area (Å²) in [6.45, 7) is 5.09. The second kappa shape index (κ2) is 7.08. The van der Waals surface area contributed by atoms with Gasteiger partial charge in [0.05, 0.1) is 6.54 Å². The molecule has 0 radical (unpaired) electrons. The molecule has 0 amide bonds. The zero-order chi connectivity index (χ0) is 14.4. The van der Waals surface area contributed by atoms with Crippen LogP contribution in [0.1, 0.15) is 30.9 Å². The Kier molecular flexibility index (Phi) is 5.16. The van der Waals surface area contributed by atoms with Crippen molar-refractivity contribution in [1.82, 2.24) is 10.6 Å². The lowest BCUT2D eigenvalue weighted by atomic mass is 10.1. The maximum absolute atomic E-state index is 13.5. The Balaban J connectivity index is 1.98. The summed E-state index contributed by atoms with van der Waals surface area (Å²) < 4.78 is 13.5. The van der Waals surface area contributed by atoms with Gasteiger partial charge in [-0.25, -0.2) is 9.38 Å². The van der Waals surface area contributed by atoms with E-state index >= 15 is 0 Å². The first-order chi connectivity index (χ1) is 9.69. The van der Waals surface area contributed by atoms with Crippen LogP contribution in [0, 0.1) is 12.7 Å². The van der Waals surface area contributed by atoms with Crippen molar-refractivity contribution < 1.29 is 4.39 Å². The monoisotopic (exact) mass is 275 g/mol. The van der Waals surface area contributed by atoms with Gasteiger partial charge < -0.3 is 10.6 Å². The molecule has 1 aliphatic rings. The smallest absolute Gasteiger partial charge is 0.191 e. The van der Waals surface area contributed by atoms with Crippen LogP contribution < -0.4 is 10.6 Å². The van der Waals surface area contributed by atoms with Gasteiger partial charge in [-0.05, 0) is 43.9 Å². The van der Waals surface area contributed by atoms with E-state index in [0.717, 1.165) is 30.9 Å². The molecule has 0 aliphatic heterocycles. The highest BCUT2D eigenvalue weighted by Crippen LogP contribution is 2.11. The summed E-state index contributed by atoms with van der Waals surface area (Å²) >= 11 is 0. The Morgan fingerprint density at radius 2 is 2.10 bits per heavy atom. The normalized spacial score (nSPS) is 15.7. The average Bonchev–Trinajstić information content (AvgIpc) is 2.93. The van der Waals surface area contributed by atoms with Crippen LogP contribution in [0.5, 0.6) is 0 Å². The number of aryl methyl sites for hydroxylation is 1. The molecule has 0 spiro atoms. The van der Waals surface area contributed by atoms with E-state index in [1.165, 1.54) is 0 Å². The van der Waals surface area contributed by atoms with Crippen molar-refractivity contribution in [2.75, 3.05) is 6.54 Å². The molecule has 20 heavy (non-hydrogen) atoms. The van der Waals surface area contributed by atoms with Gasteiger partial charge in [-0.1, -0.05) is 24.3 Å². The van der Waals surface area contributed by atoms with E-state index < -0.39 is 0 Å². The maximum Gasteiger partial charge on any atom is 0.191 e. The van der Waals surface area contributed by atoms with Crippen LogP contribution in [0.15, 0.2) is 35.3 Å². The molecule has 0 aromatic heterocycles. The van der Waals surface area contributed by atoms with Gasteiger partial charge in [0.2, 0.25) is 0 Å². The van der Waals surface area contributed by atoms with Gasteiger partial charge in [0, 0.05) is 12.6 Å². The Hall–Kier alpha value is -1.84. The van der Waals surface area contributed by atoms with Crippen LogP contribution in [-0.4, -0.2) is 18.5 Å². The quantitative estimate of drug-likeness (QED) is 0.503. The van der Waals surface area contributed by atoms with Crippen molar-refractivity contribution in [2.45, 2.75) is 39.3 Å². The van der Waals surface area contributed by atoms with E-state index in [1.54, 1.807) is 19.1 Å². The summed E-state index contributed by atoms with van der Waals surface area (Å²) in [7, 11) is 0. The van der Waals surface area contributed by atoms with Gasteiger partial charge >= 0.3 is 0 Å². The van der Waals surface area contributed by atoms with E-state index in [1.807, 2.05) is 13.0 Å². The van der Waals surface area contributed by atoms with Crippen molar-refractivity contribution in [3.05, 3.63) is 47.3 Å². The number of rotatable bonds is 4. The number of aliphatic imine (C=N–C) groups is 1. The third-order valence-corrected chi connectivity index (χ3v) is 3.35. The molecular formula is C16H22FN3. The largest absolute Gasteiger partial charge is 0.357 e. The first kappa shape index (κ1) is 14.6. The van der Waals surface area contributed by atoms with Gasteiger partial charge in [-0.3, -0.25) is 0 Å². The molecule has 3 nitrogen and oxygen atoms in total. The van der Waals surface area contributed by atoms with Gasteiger partial charge in [0.25, 0.3) is 0 Å². The van der Waals surface area contributed by atoms with Crippen molar-refractivity contribution >= 4 is 5.96 Å². The summed E-state index contributed by atoms with van der Waals surface area (Å²) in [5, 5.41) is 6.62. The number of halogens is 1. The SMILES string of the molecule is CCNC(=NCc1ccc(C)c(F)c1)NC1CC=CC1. The Bertz CT molecular complexity index is 500. The van der Waals surface area contributed by atoms with Crippen molar-refractivity contribution in [3.8, 4) is 0 Å². The Morgan fingerprint density at radius 3 is 2.75 bits per heavy atom. The minimum atomic E-state index is -0.171. The third kappa shape index (κ3) is 4.08. The molecule has 0 saturated carbocycles. The van der Waals surface area contributed by atoms with E-state index in [2.05, 4.69) is 27.8 Å². The minimum Gasteiger partial charge on any atom is -0.357 e. The van der Waals surface area contributed by atoms with Crippen LogP contribution in [0.3, 0.4) is 0 Å². The number of benzene rings is 1. The van der Waals surface area contributed by atoms with Crippen molar-refractivity contribution in [3.63, 3.8) is 0 Å². The lowest BCUT2D eigenvalue weighted by Gasteiger charge is -2.16.